The van der Waals surface area contributed by atoms with Crippen molar-refractivity contribution in [1.29, 1.82) is 0 Å². The van der Waals surface area contributed by atoms with Gasteiger partial charge in [0, 0.05) is 11.8 Å². The number of carbonyl (C=O) groups is 1. The topological polar surface area (TPSA) is 84.0 Å². The Bertz CT molecular complexity index is 1720. The molecule has 0 aliphatic carbocycles. The van der Waals surface area contributed by atoms with Crippen LogP contribution in [0, 0.1) is 5.82 Å². The predicted molar refractivity (Wildman–Crippen MR) is 154 cm³/mol. The number of benzene rings is 2. The Morgan fingerprint density at radius 1 is 0.957 bits per heavy atom. The highest BCUT2D eigenvalue weighted by Crippen LogP contribution is 2.40. The minimum atomic E-state index is -5.11. The van der Waals surface area contributed by atoms with Crippen LogP contribution in [0.2, 0.25) is 0 Å². The zero-order valence-electron chi connectivity index (χ0n) is 24.4. The first-order valence-corrected chi connectivity index (χ1v) is 14.4. The molecule has 2 aromatic heterocycles. The fraction of sp³-hybridized carbons (Fsp3) is 0.312. The molecule has 14 heteroatoms. The highest BCUT2D eigenvalue weighted by Gasteiger charge is 2.39. The Hall–Kier alpha value is -4.75. The van der Waals surface area contributed by atoms with Gasteiger partial charge < -0.3 is 14.6 Å². The molecule has 3 heterocycles. The molecule has 5 rings (SSSR count). The van der Waals surface area contributed by atoms with E-state index in [1.807, 2.05) is 6.92 Å². The Labute approximate surface area is 259 Å². The van der Waals surface area contributed by atoms with Crippen molar-refractivity contribution in [2.45, 2.75) is 57.5 Å². The highest BCUT2D eigenvalue weighted by atomic mass is 19.4. The second-order valence-corrected chi connectivity index (χ2v) is 10.6. The Morgan fingerprint density at radius 2 is 1.74 bits per heavy atom. The second-order valence-electron chi connectivity index (χ2n) is 10.6. The van der Waals surface area contributed by atoms with Crippen molar-refractivity contribution in [3.8, 4) is 22.6 Å². The average Bonchev–Trinajstić information content (AvgIpc) is 3.44. The van der Waals surface area contributed by atoms with E-state index in [0.29, 0.717) is 29.9 Å². The number of imidazole rings is 1. The van der Waals surface area contributed by atoms with Crippen molar-refractivity contribution in [2.75, 3.05) is 6.61 Å². The molecule has 0 spiro atoms. The zero-order chi connectivity index (χ0) is 33.1. The third-order valence-electron chi connectivity index (χ3n) is 7.39. The number of hydrogen-bond acceptors (Lipinski definition) is 6. The largest absolute Gasteiger partial charge is 0.464 e. The lowest BCUT2D eigenvalue weighted by Crippen LogP contribution is -2.33. The quantitative estimate of drug-likeness (QED) is 0.106. The molecule has 0 amide bonds. The number of fused-ring (bicyclic) bond motifs is 1. The number of aromatic nitrogens is 4. The van der Waals surface area contributed by atoms with Gasteiger partial charge in [-0.2, -0.15) is 36.5 Å². The number of nitrogens with one attached hydrogen (secondary N) is 1. The highest BCUT2D eigenvalue weighted by molar-refractivity contribution is 5.78. The number of carbonyl (C=O) groups excluding carboxylic acids is 1. The minimum absolute atomic E-state index is 0.0275. The Kier molecular flexibility index (Phi) is 9.44. The standard InChI is InChI=1S/C32H28F7N5O2/c1-2-3-4-7-16-46-30(45)28(44-15-14-25-27(18-44)41-29(40-25)21-8-5-6-9-23(21)33)26-13-12-24(42-43-26)20-11-10-19(31(34,35)36)17-22(20)32(37,38)39/h5-6,8-15,17,28H,2-4,7,16,18H2,1H3,(H,40,41). The van der Waals surface area contributed by atoms with E-state index in [9.17, 15) is 35.5 Å². The summed E-state index contributed by atoms with van der Waals surface area (Å²) in [5.74, 6) is -0.882. The fourth-order valence-corrected chi connectivity index (χ4v) is 5.06. The van der Waals surface area contributed by atoms with Gasteiger partial charge in [0.2, 0.25) is 0 Å². The first kappa shape index (κ1) is 32.6. The number of hydrogen-bond donors (Lipinski definition) is 1. The van der Waals surface area contributed by atoms with E-state index in [0.717, 1.165) is 25.3 Å². The molecule has 0 radical (unpaired) electrons. The Balaban J connectivity index is 1.45. The van der Waals surface area contributed by atoms with E-state index in [-0.39, 0.29) is 42.0 Å². The number of unbranched alkanes of at least 4 members (excludes halogenated alkanes) is 3. The van der Waals surface area contributed by atoms with Crippen molar-refractivity contribution >= 4 is 12.0 Å². The number of H-pyrrole nitrogens is 1. The van der Waals surface area contributed by atoms with Crippen LogP contribution >= 0.6 is 0 Å². The van der Waals surface area contributed by atoms with Crippen molar-refractivity contribution in [2.24, 2.45) is 0 Å². The van der Waals surface area contributed by atoms with Gasteiger partial charge in [0.05, 0.1) is 52.6 Å². The maximum atomic E-state index is 14.4. The number of ether oxygens (including phenoxy) is 1. The number of rotatable bonds is 10. The van der Waals surface area contributed by atoms with Gasteiger partial charge >= 0.3 is 18.3 Å². The van der Waals surface area contributed by atoms with Gasteiger partial charge in [-0.05, 0) is 48.9 Å². The molecule has 0 fully saturated rings. The van der Waals surface area contributed by atoms with Gasteiger partial charge in [0.1, 0.15) is 11.6 Å². The maximum Gasteiger partial charge on any atom is 0.417 e. The average molecular weight is 648 g/mol. The SMILES string of the molecule is CCCCCCOC(=O)C(c1ccc(-c2ccc(C(F)(F)F)cc2C(F)(F)F)nn1)N1C=Cc2nc(-c3ccccc3F)[nH]c2C1. The smallest absolute Gasteiger partial charge is 0.417 e. The molecule has 0 saturated heterocycles. The van der Waals surface area contributed by atoms with Crippen LogP contribution in [0.1, 0.15) is 66.9 Å². The van der Waals surface area contributed by atoms with Crippen molar-refractivity contribution < 1.29 is 40.3 Å². The summed E-state index contributed by atoms with van der Waals surface area (Å²) in [6, 6.07) is 8.60. The number of halogens is 7. The van der Waals surface area contributed by atoms with Crippen LogP contribution < -0.4 is 0 Å². The molecule has 0 bridgehead atoms. The van der Waals surface area contributed by atoms with Gasteiger partial charge in [-0.3, -0.25) is 0 Å². The summed E-state index contributed by atoms with van der Waals surface area (Å²) in [7, 11) is 0. The number of esters is 1. The predicted octanol–water partition coefficient (Wildman–Crippen LogP) is 8.36. The summed E-state index contributed by atoms with van der Waals surface area (Å²) in [4.78, 5) is 22.5. The molecule has 2 aromatic carbocycles. The summed E-state index contributed by atoms with van der Waals surface area (Å²) in [5, 5.41) is 7.91. The molecule has 4 aromatic rings. The summed E-state index contributed by atoms with van der Waals surface area (Å²) in [6.07, 6.45) is -3.50. The monoisotopic (exact) mass is 647 g/mol. The lowest BCUT2D eigenvalue weighted by atomic mass is 10.00. The molecule has 242 valence electrons. The van der Waals surface area contributed by atoms with E-state index in [2.05, 4.69) is 20.2 Å². The van der Waals surface area contributed by atoms with E-state index >= 15 is 0 Å². The molecule has 1 unspecified atom stereocenters. The summed E-state index contributed by atoms with van der Waals surface area (Å²) >= 11 is 0. The minimum Gasteiger partial charge on any atom is -0.464 e. The Morgan fingerprint density at radius 3 is 2.41 bits per heavy atom. The van der Waals surface area contributed by atoms with Crippen LogP contribution in [0.3, 0.4) is 0 Å². The molecule has 46 heavy (non-hydrogen) atoms. The third kappa shape index (κ3) is 7.21. The molecular formula is C32H28F7N5O2. The zero-order valence-corrected chi connectivity index (χ0v) is 24.4. The summed E-state index contributed by atoms with van der Waals surface area (Å²) in [6.45, 7) is 2.26. The van der Waals surface area contributed by atoms with E-state index in [1.165, 1.54) is 12.1 Å². The number of nitrogens with zero attached hydrogens (tertiary/aromatic N) is 4. The van der Waals surface area contributed by atoms with Crippen molar-refractivity contribution in [3.05, 3.63) is 94.8 Å². The van der Waals surface area contributed by atoms with Crippen molar-refractivity contribution in [1.82, 2.24) is 25.1 Å². The molecule has 1 aliphatic heterocycles. The van der Waals surface area contributed by atoms with Gasteiger partial charge in [0.25, 0.3) is 0 Å². The first-order chi connectivity index (χ1) is 21.9. The lowest BCUT2D eigenvalue weighted by Gasteiger charge is -2.30. The van der Waals surface area contributed by atoms with Crippen LogP contribution in [0.4, 0.5) is 30.7 Å². The molecule has 1 N–H and O–H groups in total. The van der Waals surface area contributed by atoms with Crippen LogP contribution in [0.25, 0.3) is 28.7 Å². The van der Waals surface area contributed by atoms with E-state index < -0.39 is 46.9 Å². The van der Waals surface area contributed by atoms with Gasteiger partial charge in [-0.1, -0.05) is 44.4 Å². The molecule has 0 saturated carbocycles. The van der Waals surface area contributed by atoms with Crippen LogP contribution in [-0.4, -0.2) is 37.6 Å². The van der Waals surface area contributed by atoms with Gasteiger partial charge in [0.15, 0.2) is 6.04 Å². The van der Waals surface area contributed by atoms with Crippen LogP contribution in [0.5, 0.6) is 0 Å². The van der Waals surface area contributed by atoms with Crippen LogP contribution in [0.15, 0.2) is 60.8 Å². The molecule has 7 nitrogen and oxygen atoms in total. The van der Waals surface area contributed by atoms with Gasteiger partial charge in [-0.25, -0.2) is 14.2 Å². The number of aromatic amines is 1. The third-order valence-corrected chi connectivity index (χ3v) is 7.39. The van der Waals surface area contributed by atoms with Crippen molar-refractivity contribution in [3.63, 3.8) is 0 Å². The lowest BCUT2D eigenvalue weighted by molar-refractivity contribution is -0.150. The number of alkyl halides is 6. The molecule has 1 atom stereocenters. The molecular weight excluding hydrogens is 619 g/mol. The fourth-order valence-electron chi connectivity index (χ4n) is 5.06. The maximum absolute atomic E-state index is 14.4. The van der Waals surface area contributed by atoms with E-state index in [4.69, 9.17) is 4.74 Å². The summed E-state index contributed by atoms with van der Waals surface area (Å²) < 4.78 is 101. The van der Waals surface area contributed by atoms with E-state index in [1.54, 1.807) is 35.4 Å². The first-order valence-electron chi connectivity index (χ1n) is 14.4. The van der Waals surface area contributed by atoms with Gasteiger partial charge in [-0.15, -0.1) is 0 Å². The normalized spacial score (nSPS) is 13.9. The summed E-state index contributed by atoms with van der Waals surface area (Å²) in [5.41, 5.74) is -2.55. The second kappa shape index (κ2) is 13.3. The van der Waals surface area contributed by atoms with Crippen LogP contribution in [-0.2, 0) is 28.4 Å². The molecule has 1 aliphatic rings.